The number of aryl methyl sites for hydroxylation is 1. The molecule has 0 saturated carbocycles. The number of pyridine rings is 1. The number of fused-ring (bicyclic) bond motifs is 1. The maximum atomic E-state index is 4.53. The molecule has 0 amide bonds. The molecule has 2 aromatic rings. The summed E-state index contributed by atoms with van der Waals surface area (Å²) in [5.74, 6) is 0. The molecule has 17 heavy (non-hydrogen) atoms. The summed E-state index contributed by atoms with van der Waals surface area (Å²) in [5.41, 5.74) is 3.21. The van der Waals surface area contributed by atoms with Gasteiger partial charge >= 0.3 is 0 Å². The molecule has 4 heteroatoms. The molecule has 1 aromatic carbocycles. The number of aliphatic imine (C=N–C) groups is 1. The zero-order chi connectivity index (χ0) is 12.4. The number of halogens is 1. The molecule has 2 rings (SSSR count). The Bertz CT molecular complexity index is 576. The third-order valence-electron chi connectivity index (χ3n) is 2.42. The van der Waals surface area contributed by atoms with Crippen molar-refractivity contribution >= 4 is 45.5 Å². The van der Waals surface area contributed by atoms with Crippen LogP contribution in [0.5, 0.6) is 0 Å². The highest BCUT2D eigenvalue weighted by Gasteiger charge is 2.07. The minimum atomic E-state index is 0.994. The van der Waals surface area contributed by atoms with Crippen LogP contribution >= 0.6 is 22.6 Å². The van der Waals surface area contributed by atoms with Crippen molar-refractivity contribution in [3.05, 3.63) is 33.5 Å². The largest absolute Gasteiger partial charge is 0.369 e. The standard InChI is InChI=1S/C13H14IN3/c1-9-7-11(14)13(16-8-17(2)3)10-5-4-6-15-12(9)10/h4-8H,1-3H3/b16-8+. The number of hydrogen-bond donors (Lipinski definition) is 0. The van der Waals surface area contributed by atoms with Crippen LogP contribution in [0.25, 0.3) is 10.9 Å². The molecule has 0 aliphatic heterocycles. The fourth-order valence-electron chi connectivity index (χ4n) is 1.67. The molecule has 0 spiro atoms. The lowest BCUT2D eigenvalue weighted by molar-refractivity contribution is 0.643. The minimum absolute atomic E-state index is 0.994. The molecule has 0 aliphatic rings. The molecular weight excluding hydrogens is 325 g/mol. The van der Waals surface area contributed by atoms with E-state index in [2.05, 4.69) is 51.6 Å². The third kappa shape index (κ3) is 2.57. The second kappa shape index (κ2) is 5.00. The smallest absolute Gasteiger partial charge is 0.0907 e. The first-order valence-electron chi connectivity index (χ1n) is 5.34. The maximum absolute atomic E-state index is 4.53. The molecule has 0 bridgehead atoms. The lowest BCUT2D eigenvalue weighted by atomic mass is 10.1. The van der Waals surface area contributed by atoms with Crippen LogP contribution in [0.3, 0.4) is 0 Å². The Balaban J connectivity index is 2.69. The first-order chi connectivity index (χ1) is 8.09. The van der Waals surface area contributed by atoms with Crippen molar-refractivity contribution < 1.29 is 0 Å². The molecule has 1 heterocycles. The molecule has 0 fully saturated rings. The van der Waals surface area contributed by atoms with Gasteiger partial charge in [-0.2, -0.15) is 0 Å². The summed E-state index contributed by atoms with van der Waals surface area (Å²) in [7, 11) is 3.93. The topological polar surface area (TPSA) is 28.5 Å². The summed E-state index contributed by atoms with van der Waals surface area (Å²) in [6.45, 7) is 2.08. The van der Waals surface area contributed by atoms with Crippen LogP contribution in [0.15, 0.2) is 29.4 Å². The SMILES string of the molecule is Cc1cc(I)c(/N=C/N(C)C)c2cccnc12. The summed E-state index contributed by atoms with van der Waals surface area (Å²) in [6, 6.07) is 6.14. The van der Waals surface area contributed by atoms with Crippen LogP contribution in [0.2, 0.25) is 0 Å². The highest BCUT2D eigenvalue weighted by atomic mass is 127. The van der Waals surface area contributed by atoms with E-state index in [1.54, 1.807) is 0 Å². The van der Waals surface area contributed by atoms with Crippen molar-refractivity contribution in [3.63, 3.8) is 0 Å². The van der Waals surface area contributed by atoms with E-state index in [9.17, 15) is 0 Å². The van der Waals surface area contributed by atoms with E-state index < -0.39 is 0 Å². The third-order valence-corrected chi connectivity index (χ3v) is 3.25. The Morgan fingerprint density at radius 1 is 1.41 bits per heavy atom. The Morgan fingerprint density at radius 3 is 2.88 bits per heavy atom. The van der Waals surface area contributed by atoms with E-state index >= 15 is 0 Å². The van der Waals surface area contributed by atoms with Gasteiger partial charge in [-0.25, -0.2) is 4.99 Å². The number of benzene rings is 1. The van der Waals surface area contributed by atoms with E-state index in [-0.39, 0.29) is 0 Å². The number of aromatic nitrogens is 1. The van der Waals surface area contributed by atoms with Crippen molar-refractivity contribution in [2.45, 2.75) is 6.92 Å². The minimum Gasteiger partial charge on any atom is -0.369 e. The highest BCUT2D eigenvalue weighted by molar-refractivity contribution is 14.1. The summed E-state index contributed by atoms with van der Waals surface area (Å²) in [5, 5.41) is 1.11. The second-order valence-electron chi connectivity index (χ2n) is 4.13. The zero-order valence-corrected chi connectivity index (χ0v) is 12.3. The van der Waals surface area contributed by atoms with Crippen molar-refractivity contribution in [2.24, 2.45) is 4.99 Å². The van der Waals surface area contributed by atoms with Gasteiger partial charge in [-0.1, -0.05) is 0 Å². The van der Waals surface area contributed by atoms with Gasteiger partial charge in [-0.15, -0.1) is 0 Å². The first-order valence-corrected chi connectivity index (χ1v) is 6.42. The second-order valence-corrected chi connectivity index (χ2v) is 5.29. The molecule has 0 radical (unpaired) electrons. The van der Waals surface area contributed by atoms with Crippen molar-refractivity contribution in [2.75, 3.05) is 14.1 Å². The van der Waals surface area contributed by atoms with Gasteiger partial charge in [-0.05, 0) is 53.3 Å². The molecule has 0 unspecified atom stereocenters. The molecule has 0 aliphatic carbocycles. The Morgan fingerprint density at radius 2 is 2.18 bits per heavy atom. The van der Waals surface area contributed by atoms with Gasteiger partial charge in [0.15, 0.2) is 0 Å². The van der Waals surface area contributed by atoms with Gasteiger partial charge in [0.1, 0.15) is 0 Å². The van der Waals surface area contributed by atoms with Crippen LogP contribution in [0.4, 0.5) is 5.69 Å². The molecule has 0 saturated heterocycles. The van der Waals surface area contributed by atoms with Gasteiger partial charge in [0.25, 0.3) is 0 Å². The zero-order valence-electron chi connectivity index (χ0n) is 10.1. The first kappa shape index (κ1) is 12.3. The maximum Gasteiger partial charge on any atom is 0.0907 e. The fraction of sp³-hybridized carbons (Fsp3) is 0.231. The van der Waals surface area contributed by atoms with Crippen LogP contribution in [-0.4, -0.2) is 30.3 Å². The summed E-state index contributed by atoms with van der Waals surface area (Å²) < 4.78 is 1.15. The van der Waals surface area contributed by atoms with Crippen LogP contribution in [0, 0.1) is 10.5 Å². The number of rotatable bonds is 2. The molecule has 3 nitrogen and oxygen atoms in total. The lowest BCUT2D eigenvalue weighted by Crippen LogP contribution is -2.07. The molecular formula is C13H14IN3. The Labute approximate surface area is 115 Å². The average molecular weight is 339 g/mol. The monoisotopic (exact) mass is 339 g/mol. The molecule has 1 aromatic heterocycles. The normalized spacial score (nSPS) is 11.3. The number of nitrogens with zero attached hydrogens (tertiary/aromatic N) is 3. The molecule has 0 atom stereocenters. The summed E-state index contributed by atoms with van der Waals surface area (Å²) >= 11 is 2.32. The van der Waals surface area contributed by atoms with Crippen LogP contribution in [0.1, 0.15) is 5.56 Å². The van der Waals surface area contributed by atoms with E-state index in [1.165, 1.54) is 5.56 Å². The fourth-order valence-corrected chi connectivity index (χ4v) is 2.57. The van der Waals surface area contributed by atoms with E-state index in [4.69, 9.17) is 0 Å². The van der Waals surface area contributed by atoms with Gasteiger partial charge in [0, 0.05) is 29.2 Å². The number of hydrogen-bond acceptors (Lipinski definition) is 2. The predicted octanol–water partition coefficient (Wildman–Crippen LogP) is 3.37. The van der Waals surface area contributed by atoms with Gasteiger partial charge < -0.3 is 4.90 Å². The van der Waals surface area contributed by atoms with E-state index in [0.29, 0.717) is 0 Å². The van der Waals surface area contributed by atoms with Crippen LogP contribution < -0.4 is 0 Å². The van der Waals surface area contributed by atoms with Crippen molar-refractivity contribution in [3.8, 4) is 0 Å². The van der Waals surface area contributed by atoms with Crippen molar-refractivity contribution in [1.82, 2.24) is 9.88 Å². The molecule has 88 valence electrons. The summed E-state index contributed by atoms with van der Waals surface area (Å²) in [4.78, 5) is 10.9. The van der Waals surface area contributed by atoms with Gasteiger partial charge in [0.2, 0.25) is 0 Å². The van der Waals surface area contributed by atoms with Crippen LogP contribution in [-0.2, 0) is 0 Å². The van der Waals surface area contributed by atoms with E-state index in [1.807, 2.05) is 37.6 Å². The Kier molecular flexibility index (Phi) is 3.61. The summed E-state index contributed by atoms with van der Waals surface area (Å²) in [6.07, 6.45) is 3.64. The van der Waals surface area contributed by atoms with Gasteiger partial charge in [0.05, 0.1) is 17.5 Å². The lowest BCUT2D eigenvalue weighted by Gasteiger charge is -2.08. The predicted molar refractivity (Wildman–Crippen MR) is 81.0 cm³/mol. The quantitative estimate of drug-likeness (QED) is 0.477. The van der Waals surface area contributed by atoms with Gasteiger partial charge in [-0.3, -0.25) is 4.98 Å². The highest BCUT2D eigenvalue weighted by Crippen LogP contribution is 2.32. The average Bonchev–Trinajstić information content (AvgIpc) is 2.28. The van der Waals surface area contributed by atoms with E-state index in [0.717, 1.165) is 20.2 Å². The van der Waals surface area contributed by atoms with Crippen molar-refractivity contribution in [1.29, 1.82) is 0 Å². The Hall–Kier alpha value is -1.17. The molecule has 0 N–H and O–H groups in total.